The van der Waals surface area contributed by atoms with Crippen LogP contribution in [0.25, 0.3) is 0 Å². The molecule has 0 amide bonds. The lowest BCUT2D eigenvalue weighted by Crippen LogP contribution is -2.27. The molecule has 1 aliphatic carbocycles. The normalized spacial score (nSPS) is 25.9. The first-order valence-corrected chi connectivity index (χ1v) is 6.88. The van der Waals surface area contributed by atoms with Gasteiger partial charge < -0.3 is 0 Å². The second kappa shape index (κ2) is 4.90. The average Bonchev–Trinajstić information content (AvgIpc) is 2.94. The molecule has 1 saturated carbocycles. The maximum absolute atomic E-state index is 9.85. The Morgan fingerprint density at radius 1 is 0.947 bits per heavy atom. The van der Waals surface area contributed by atoms with Crippen LogP contribution >= 0.6 is 0 Å². The molecule has 0 N–H and O–H groups in total. The van der Waals surface area contributed by atoms with E-state index in [-0.39, 0.29) is 5.41 Å². The zero-order valence-corrected chi connectivity index (χ0v) is 10.9. The Labute approximate surface area is 114 Å². The van der Waals surface area contributed by atoms with Crippen LogP contribution in [0.2, 0.25) is 0 Å². The van der Waals surface area contributed by atoms with Crippen molar-refractivity contribution < 1.29 is 0 Å². The fourth-order valence-electron chi connectivity index (χ4n) is 3.42. The van der Waals surface area contributed by atoms with E-state index >= 15 is 0 Å². The van der Waals surface area contributed by atoms with Gasteiger partial charge in [-0.05, 0) is 24.0 Å². The second-order valence-electron chi connectivity index (χ2n) is 5.30. The number of nitriles is 1. The molecule has 3 rings (SSSR count). The van der Waals surface area contributed by atoms with Crippen LogP contribution in [0.4, 0.5) is 0 Å². The summed E-state index contributed by atoms with van der Waals surface area (Å²) < 4.78 is 0. The van der Waals surface area contributed by atoms with Crippen molar-refractivity contribution in [2.24, 2.45) is 0 Å². The molecule has 1 heteroatoms. The highest BCUT2D eigenvalue weighted by Crippen LogP contribution is 2.50. The highest BCUT2D eigenvalue weighted by molar-refractivity contribution is 5.41. The van der Waals surface area contributed by atoms with Crippen molar-refractivity contribution in [2.45, 2.75) is 30.6 Å². The molecule has 0 aliphatic heterocycles. The SMILES string of the molecule is N#CC1(c2ccccc2)CCCC1c1ccccc1. The molecule has 0 bridgehead atoms. The molecule has 0 radical (unpaired) electrons. The largest absolute Gasteiger partial charge is 0.197 e. The summed E-state index contributed by atoms with van der Waals surface area (Å²) in [4.78, 5) is 0. The monoisotopic (exact) mass is 247 g/mol. The van der Waals surface area contributed by atoms with Crippen LogP contribution < -0.4 is 0 Å². The minimum Gasteiger partial charge on any atom is -0.197 e. The van der Waals surface area contributed by atoms with Gasteiger partial charge in [-0.25, -0.2) is 0 Å². The molecule has 0 saturated heterocycles. The van der Waals surface area contributed by atoms with Crippen LogP contribution in [0.3, 0.4) is 0 Å². The number of hydrogen-bond acceptors (Lipinski definition) is 1. The van der Waals surface area contributed by atoms with Gasteiger partial charge in [0.05, 0.1) is 11.5 Å². The lowest BCUT2D eigenvalue weighted by atomic mass is 9.71. The number of nitrogens with zero attached hydrogens (tertiary/aromatic N) is 1. The van der Waals surface area contributed by atoms with Crippen molar-refractivity contribution in [2.75, 3.05) is 0 Å². The quantitative estimate of drug-likeness (QED) is 0.770. The molecule has 1 fully saturated rings. The topological polar surface area (TPSA) is 23.8 Å². The van der Waals surface area contributed by atoms with Gasteiger partial charge in [0.25, 0.3) is 0 Å². The molecule has 2 aromatic rings. The summed E-state index contributed by atoms with van der Waals surface area (Å²) >= 11 is 0. The molecule has 0 heterocycles. The van der Waals surface area contributed by atoms with Gasteiger partial charge in [-0.1, -0.05) is 67.1 Å². The van der Waals surface area contributed by atoms with E-state index in [1.54, 1.807) is 0 Å². The predicted octanol–water partition coefficient (Wildman–Crippen LogP) is 4.42. The highest BCUT2D eigenvalue weighted by Gasteiger charge is 2.45. The number of hydrogen-bond donors (Lipinski definition) is 0. The first-order chi connectivity index (χ1) is 9.37. The molecule has 0 spiro atoms. The van der Waals surface area contributed by atoms with Gasteiger partial charge in [-0.2, -0.15) is 5.26 Å². The first kappa shape index (κ1) is 12.0. The van der Waals surface area contributed by atoms with Gasteiger partial charge in [0.1, 0.15) is 0 Å². The molecular formula is C18H17N. The summed E-state index contributed by atoms with van der Waals surface area (Å²) in [6, 6.07) is 23.4. The highest BCUT2D eigenvalue weighted by atomic mass is 14.5. The molecule has 0 aromatic heterocycles. The van der Waals surface area contributed by atoms with Gasteiger partial charge in [0, 0.05) is 5.92 Å². The third kappa shape index (κ3) is 1.94. The fourth-order valence-corrected chi connectivity index (χ4v) is 3.42. The Hall–Kier alpha value is -2.07. The molecule has 1 nitrogen and oxygen atoms in total. The van der Waals surface area contributed by atoms with Gasteiger partial charge in [-0.3, -0.25) is 0 Å². The maximum atomic E-state index is 9.85. The minimum atomic E-state index is -0.345. The smallest absolute Gasteiger partial charge is 0.0890 e. The molecular weight excluding hydrogens is 230 g/mol. The van der Waals surface area contributed by atoms with Crippen molar-refractivity contribution in [1.82, 2.24) is 0 Å². The van der Waals surface area contributed by atoms with Crippen molar-refractivity contribution >= 4 is 0 Å². The second-order valence-corrected chi connectivity index (χ2v) is 5.30. The van der Waals surface area contributed by atoms with E-state index < -0.39 is 0 Å². The van der Waals surface area contributed by atoms with E-state index in [0.29, 0.717) is 5.92 Å². The third-order valence-electron chi connectivity index (χ3n) is 4.35. The molecule has 19 heavy (non-hydrogen) atoms. The van der Waals surface area contributed by atoms with E-state index in [2.05, 4.69) is 42.5 Å². The summed E-state index contributed by atoms with van der Waals surface area (Å²) in [5, 5.41) is 9.85. The van der Waals surface area contributed by atoms with Crippen molar-refractivity contribution in [1.29, 1.82) is 5.26 Å². The van der Waals surface area contributed by atoms with Gasteiger partial charge in [0.2, 0.25) is 0 Å². The maximum Gasteiger partial charge on any atom is 0.0890 e. The molecule has 1 aliphatic rings. The average molecular weight is 247 g/mol. The Morgan fingerprint density at radius 2 is 1.58 bits per heavy atom. The van der Waals surface area contributed by atoms with Crippen molar-refractivity contribution in [3.63, 3.8) is 0 Å². The summed E-state index contributed by atoms with van der Waals surface area (Å²) in [6.45, 7) is 0. The third-order valence-corrected chi connectivity index (χ3v) is 4.35. The summed E-state index contributed by atoms with van der Waals surface area (Å²) in [6.07, 6.45) is 3.20. The minimum absolute atomic E-state index is 0.320. The van der Waals surface area contributed by atoms with Gasteiger partial charge in [0.15, 0.2) is 0 Å². The molecule has 94 valence electrons. The number of benzene rings is 2. The summed E-state index contributed by atoms with van der Waals surface area (Å²) in [5.74, 6) is 0.320. The van der Waals surface area contributed by atoms with Crippen LogP contribution in [0.15, 0.2) is 60.7 Å². The van der Waals surface area contributed by atoms with E-state index in [1.807, 2.05) is 24.3 Å². The van der Waals surface area contributed by atoms with Crippen molar-refractivity contribution in [3.05, 3.63) is 71.8 Å². The van der Waals surface area contributed by atoms with E-state index in [9.17, 15) is 5.26 Å². The van der Waals surface area contributed by atoms with E-state index in [0.717, 1.165) is 19.3 Å². The number of rotatable bonds is 2. The van der Waals surface area contributed by atoms with Crippen molar-refractivity contribution in [3.8, 4) is 6.07 Å². The fraction of sp³-hybridized carbons (Fsp3) is 0.278. The standard InChI is InChI=1S/C18H17N/c19-14-18(16-10-5-2-6-11-16)13-7-12-17(18)15-8-3-1-4-9-15/h1-6,8-11,17H,7,12-13H2. The van der Waals surface area contributed by atoms with Crippen LogP contribution in [0.5, 0.6) is 0 Å². The Kier molecular flexibility index (Phi) is 3.09. The predicted molar refractivity (Wildman–Crippen MR) is 76.8 cm³/mol. The van der Waals surface area contributed by atoms with E-state index in [4.69, 9.17) is 0 Å². The van der Waals surface area contributed by atoms with Crippen LogP contribution in [-0.4, -0.2) is 0 Å². The molecule has 2 unspecified atom stereocenters. The first-order valence-electron chi connectivity index (χ1n) is 6.88. The lowest BCUT2D eigenvalue weighted by molar-refractivity contribution is 0.501. The van der Waals surface area contributed by atoms with Crippen LogP contribution in [0, 0.1) is 11.3 Å². The molecule has 2 aromatic carbocycles. The Morgan fingerprint density at radius 3 is 2.21 bits per heavy atom. The van der Waals surface area contributed by atoms with E-state index in [1.165, 1.54) is 11.1 Å². The van der Waals surface area contributed by atoms with Gasteiger partial charge in [-0.15, -0.1) is 0 Å². The Bertz CT molecular complexity index is 582. The summed E-state index contributed by atoms with van der Waals surface area (Å²) in [7, 11) is 0. The van der Waals surface area contributed by atoms with Gasteiger partial charge >= 0.3 is 0 Å². The molecule has 2 atom stereocenters. The zero-order valence-electron chi connectivity index (χ0n) is 10.9. The van der Waals surface area contributed by atoms with Crippen LogP contribution in [0.1, 0.15) is 36.3 Å². The lowest BCUT2D eigenvalue weighted by Gasteiger charge is -2.29. The van der Waals surface area contributed by atoms with Crippen LogP contribution in [-0.2, 0) is 5.41 Å². The Balaban J connectivity index is 2.08. The summed E-state index contributed by atoms with van der Waals surface area (Å²) in [5.41, 5.74) is 2.12. The zero-order chi connectivity index (χ0) is 13.1.